The van der Waals surface area contributed by atoms with Crippen LogP contribution in [0.2, 0.25) is 0 Å². The molecule has 0 bridgehead atoms. The Morgan fingerprint density at radius 3 is 2.93 bits per heavy atom. The van der Waals surface area contributed by atoms with E-state index in [1.807, 2.05) is 0 Å². The summed E-state index contributed by atoms with van der Waals surface area (Å²) in [6, 6.07) is 11.6. The van der Waals surface area contributed by atoms with Crippen LogP contribution in [0.15, 0.2) is 57.9 Å². The molecule has 3 heterocycles. The molecule has 1 N–H and O–H groups in total. The molecule has 0 fully saturated rings. The molecule has 4 rings (SSSR count). The number of rotatable bonds is 7. The Morgan fingerprint density at radius 2 is 2.07 bits per heavy atom. The fourth-order valence-electron chi connectivity index (χ4n) is 2.63. The van der Waals surface area contributed by atoms with Crippen LogP contribution in [0.1, 0.15) is 0 Å². The molecule has 0 atom stereocenters. The van der Waals surface area contributed by atoms with Gasteiger partial charge >= 0.3 is 0 Å². The van der Waals surface area contributed by atoms with E-state index >= 15 is 0 Å². The zero-order valence-corrected chi connectivity index (χ0v) is 14.8. The molecule has 1 amide bonds. The lowest BCUT2D eigenvalue weighted by Gasteiger charge is -2.09. The molecular weight excluding hydrogens is 366 g/mol. The number of benzene rings is 1. The summed E-state index contributed by atoms with van der Waals surface area (Å²) < 4.78 is 22.5. The van der Waals surface area contributed by atoms with Crippen molar-refractivity contribution in [1.29, 1.82) is 0 Å². The van der Waals surface area contributed by atoms with E-state index in [1.54, 1.807) is 36.4 Å². The van der Waals surface area contributed by atoms with E-state index in [1.165, 1.54) is 17.0 Å². The quantitative estimate of drug-likeness (QED) is 0.658. The standard InChI is InChI=1S/C19H17N3O6/c23-18(11-26-13-3-5-16-17(10-13)28-12-27-16)20-7-8-22-19(24)6-4-14(21-22)15-2-1-9-25-15/h1-6,9-10H,7-8,11-12H2,(H,20,23). The van der Waals surface area contributed by atoms with Crippen molar-refractivity contribution in [3.05, 3.63) is 59.1 Å². The fraction of sp³-hybridized carbons (Fsp3) is 0.211. The summed E-state index contributed by atoms with van der Waals surface area (Å²) in [7, 11) is 0. The number of amides is 1. The minimum absolute atomic E-state index is 0.158. The Labute approximate surface area is 159 Å². The SMILES string of the molecule is O=C(COc1ccc2c(c1)OCO2)NCCn1nc(-c2ccco2)ccc1=O. The first-order valence-corrected chi connectivity index (χ1v) is 8.60. The second kappa shape index (κ2) is 7.87. The predicted molar refractivity (Wildman–Crippen MR) is 97.3 cm³/mol. The van der Waals surface area contributed by atoms with Crippen LogP contribution in [-0.4, -0.2) is 35.6 Å². The highest BCUT2D eigenvalue weighted by molar-refractivity contribution is 5.77. The smallest absolute Gasteiger partial charge is 0.266 e. The second-order valence-corrected chi connectivity index (χ2v) is 5.91. The van der Waals surface area contributed by atoms with Crippen molar-refractivity contribution >= 4 is 5.91 Å². The Kier molecular flexibility index (Phi) is 4.96. The van der Waals surface area contributed by atoms with Crippen LogP contribution in [0.3, 0.4) is 0 Å². The van der Waals surface area contributed by atoms with Crippen LogP contribution in [-0.2, 0) is 11.3 Å². The number of ether oxygens (including phenoxy) is 3. The Morgan fingerprint density at radius 1 is 1.18 bits per heavy atom. The van der Waals surface area contributed by atoms with Gasteiger partial charge in [-0.05, 0) is 30.3 Å². The van der Waals surface area contributed by atoms with Crippen LogP contribution >= 0.6 is 0 Å². The highest BCUT2D eigenvalue weighted by atomic mass is 16.7. The Balaban J connectivity index is 1.27. The van der Waals surface area contributed by atoms with Gasteiger partial charge in [0.1, 0.15) is 11.4 Å². The van der Waals surface area contributed by atoms with E-state index in [4.69, 9.17) is 18.6 Å². The fourth-order valence-corrected chi connectivity index (χ4v) is 2.63. The van der Waals surface area contributed by atoms with Gasteiger partial charge in [0.15, 0.2) is 23.9 Å². The van der Waals surface area contributed by atoms with Crippen molar-refractivity contribution in [2.75, 3.05) is 19.9 Å². The molecule has 9 heteroatoms. The third kappa shape index (κ3) is 3.98. The van der Waals surface area contributed by atoms with Crippen molar-refractivity contribution in [2.45, 2.75) is 6.54 Å². The number of fused-ring (bicyclic) bond motifs is 1. The Bertz CT molecular complexity index is 1030. The highest BCUT2D eigenvalue weighted by Gasteiger charge is 2.14. The van der Waals surface area contributed by atoms with Crippen LogP contribution in [0.25, 0.3) is 11.5 Å². The minimum Gasteiger partial charge on any atom is -0.484 e. The molecular formula is C19H17N3O6. The van der Waals surface area contributed by atoms with Gasteiger partial charge in [0.05, 0.1) is 12.8 Å². The molecule has 1 aromatic carbocycles. The van der Waals surface area contributed by atoms with Gasteiger partial charge in [-0.15, -0.1) is 0 Å². The van der Waals surface area contributed by atoms with E-state index in [0.717, 1.165) is 0 Å². The van der Waals surface area contributed by atoms with Crippen LogP contribution in [0, 0.1) is 0 Å². The molecule has 0 spiro atoms. The molecule has 0 radical (unpaired) electrons. The molecule has 28 heavy (non-hydrogen) atoms. The van der Waals surface area contributed by atoms with E-state index < -0.39 is 0 Å². The van der Waals surface area contributed by atoms with Gasteiger partial charge in [0, 0.05) is 18.7 Å². The number of nitrogens with zero attached hydrogens (tertiary/aromatic N) is 2. The monoisotopic (exact) mass is 383 g/mol. The zero-order valence-electron chi connectivity index (χ0n) is 14.8. The number of furan rings is 1. The summed E-state index contributed by atoms with van der Waals surface area (Å²) in [6.45, 7) is 0.475. The van der Waals surface area contributed by atoms with Crippen molar-refractivity contribution in [3.63, 3.8) is 0 Å². The van der Waals surface area contributed by atoms with Gasteiger partial charge < -0.3 is 23.9 Å². The first-order chi connectivity index (χ1) is 13.7. The number of hydrogen-bond acceptors (Lipinski definition) is 7. The van der Waals surface area contributed by atoms with Crippen LogP contribution in [0.4, 0.5) is 0 Å². The number of nitrogens with one attached hydrogen (secondary N) is 1. The average molecular weight is 383 g/mol. The third-order valence-electron chi connectivity index (χ3n) is 4.00. The maximum Gasteiger partial charge on any atom is 0.266 e. The first-order valence-electron chi connectivity index (χ1n) is 8.60. The van der Waals surface area contributed by atoms with Crippen LogP contribution < -0.4 is 25.1 Å². The molecule has 0 unspecified atom stereocenters. The number of aromatic nitrogens is 2. The average Bonchev–Trinajstić information content (AvgIpc) is 3.39. The largest absolute Gasteiger partial charge is 0.484 e. The molecule has 9 nitrogen and oxygen atoms in total. The maximum atomic E-state index is 12.0. The van der Waals surface area contributed by atoms with Gasteiger partial charge in [0.25, 0.3) is 11.5 Å². The van der Waals surface area contributed by atoms with Gasteiger partial charge in [-0.2, -0.15) is 5.10 Å². The lowest BCUT2D eigenvalue weighted by molar-refractivity contribution is -0.123. The number of carbonyl (C=O) groups is 1. The van der Waals surface area contributed by atoms with Crippen molar-refractivity contribution in [2.24, 2.45) is 0 Å². The minimum atomic E-state index is -0.312. The summed E-state index contributed by atoms with van der Waals surface area (Å²) in [4.78, 5) is 23.9. The zero-order chi connectivity index (χ0) is 19.3. The first kappa shape index (κ1) is 17.7. The molecule has 0 saturated carbocycles. The second-order valence-electron chi connectivity index (χ2n) is 5.91. The summed E-state index contributed by atoms with van der Waals surface area (Å²) in [5.74, 6) is 1.98. The van der Waals surface area contributed by atoms with Crippen molar-refractivity contribution in [1.82, 2.24) is 15.1 Å². The van der Waals surface area contributed by atoms with E-state index in [0.29, 0.717) is 28.7 Å². The topological polar surface area (TPSA) is 105 Å². The molecule has 1 aliphatic heterocycles. The lowest BCUT2D eigenvalue weighted by atomic mass is 10.3. The van der Waals surface area contributed by atoms with E-state index in [9.17, 15) is 9.59 Å². The molecule has 1 aliphatic rings. The van der Waals surface area contributed by atoms with Crippen LogP contribution in [0.5, 0.6) is 17.2 Å². The summed E-state index contributed by atoms with van der Waals surface area (Å²) in [6.07, 6.45) is 1.53. The van der Waals surface area contributed by atoms with Gasteiger partial charge in [-0.25, -0.2) is 4.68 Å². The summed E-state index contributed by atoms with van der Waals surface area (Å²) in [5.41, 5.74) is 0.281. The van der Waals surface area contributed by atoms with Crippen molar-refractivity contribution < 1.29 is 23.4 Å². The third-order valence-corrected chi connectivity index (χ3v) is 4.00. The normalized spacial score (nSPS) is 12.0. The van der Waals surface area contributed by atoms with E-state index in [2.05, 4.69) is 10.4 Å². The van der Waals surface area contributed by atoms with Gasteiger partial charge in [-0.1, -0.05) is 0 Å². The molecule has 2 aromatic heterocycles. The molecule has 144 valence electrons. The lowest BCUT2D eigenvalue weighted by Crippen LogP contribution is -2.34. The maximum absolute atomic E-state index is 12.0. The summed E-state index contributed by atoms with van der Waals surface area (Å²) in [5, 5.41) is 6.93. The Hall–Kier alpha value is -3.75. The van der Waals surface area contributed by atoms with Gasteiger partial charge in [-0.3, -0.25) is 9.59 Å². The van der Waals surface area contributed by atoms with E-state index in [-0.39, 0.29) is 38.0 Å². The predicted octanol–water partition coefficient (Wildman–Crippen LogP) is 1.43. The molecule has 0 aliphatic carbocycles. The van der Waals surface area contributed by atoms with Gasteiger partial charge in [0.2, 0.25) is 6.79 Å². The molecule has 0 saturated heterocycles. The highest BCUT2D eigenvalue weighted by Crippen LogP contribution is 2.34. The molecule has 3 aromatic rings. The van der Waals surface area contributed by atoms with Crippen molar-refractivity contribution in [3.8, 4) is 28.7 Å². The number of carbonyl (C=O) groups excluding carboxylic acids is 1. The number of hydrogen-bond donors (Lipinski definition) is 1. The summed E-state index contributed by atoms with van der Waals surface area (Å²) >= 11 is 0.